The van der Waals surface area contributed by atoms with Gasteiger partial charge in [-0.05, 0) is 88.5 Å². The molecule has 3 aromatic heterocycles. The maximum Gasteiger partial charge on any atom is 0.239 e. The first-order valence-corrected chi connectivity index (χ1v) is 23.3. The molecule has 1 unspecified atom stereocenters. The van der Waals surface area contributed by atoms with E-state index in [0.29, 0.717) is 35.1 Å². The molecule has 10 heteroatoms. The average Bonchev–Trinajstić information content (AvgIpc) is 3.88. The van der Waals surface area contributed by atoms with Crippen molar-refractivity contribution in [3.05, 3.63) is 236 Å². The van der Waals surface area contributed by atoms with Crippen molar-refractivity contribution >= 4 is 21.8 Å². The minimum Gasteiger partial charge on any atom is -0.477 e. The highest BCUT2D eigenvalue weighted by atomic mass is 19.1. The first kappa shape index (κ1) is 41.6. The maximum absolute atomic E-state index is 14.3. The van der Waals surface area contributed by atoms with Crippen LogP contribution in [0.25, 0.3) is 107 Å². The van der Waals surface area contributed by atoms with Gasteiger partial charge in [-0.2, -0.15) is 9.97 Å². The predicted molar refractivity (Wildman–Crippen MR) is 277 cm³/mol. The number of hydrogen-bond acceptors (Lipinski definition) is 8. The lowest BCUT2D eigenvalue weighted by molar-refractivity contribution is 0.129. The number of imidazole rings is 1. The topological polar surface area (TPSA) is 104 Å². The van der Waals surface area contributed by atoms with E-state index in [0.717, 1.165) is 88.8 Å². The van der Waals surface area contributed by atoms with E-state index in [1.54, 1.807) is 12.4 Å². The molecule has 0 saturated carbocycles. The number of halogens is 1. The molecule has 13 rings (SSSR count). The van der Waals surface area contributed by atoms with Crippen molar-refractivity contribution in [2.75, 3.05) is 0 Å². The molecule has 1 atom stereocenters. The summed E-state index contributed by atoms with van der Waals surface area (Å²) in [5, 5.41) is 1.63. The summed E-state index contributed by atoms with van der Waals surface area (Å²) in [6.07, 6.45) is 1.73. The molecular weight excluding hydrogens is 880 g/mol. The monoisotopic (exact) mass is 918 g/mol. The Hall–Kier alpha value is -9.54. The van der Waals surface area contributed by atoms with Crippen molar-refractivity contribution in [1.82, 2.24) is 39.5 Å². The van der Waals surface area contributed by atoms with Gasteiger partial charge < -0.3 is 4.74 Å². The Morgan fingerprint density at radius 1 is 0.423 bits per heavy atom. The number of aromatic nitrogens is 8. The molecule has 0 N–H and O–H groups in total. The zero-order valence-corrected chi connectivity index (χ0v) is 38.1. The third kappa shape index (κ3) is 7.46. The lowest BCUT2D eigenvalue weighted by Crippen LogP contribution is -2.34. The van der Waals surface area contributed by atoms with E-state index < -0.39 is 5.60 Å². The summed E-state index contributed by atoms with van der Waals surface area (Å²) in [7, 11) is 0. The molecule has 9 aromatic carbocycles. The fourth-order valence-corrected chi connectivity index (χ4v) is 9.63. The molecule has 71 heavy (non-hydrogen) atoms. The normalized spacial score (nSPS) is 13.9. The molecule has 1 aliphatic rings. The molecule has 0 fully saturated rings. The number of rotatable bonds is 8. The number of benzene rings is 9. The summed E-state index contributed by atoms with van der Waals surface area (Å²) in [5.41, 5.74) is 10.8. The maximum atomic E-state index is 14.3. The molecule has 0 aliphatic carbocycles. The van der Waals surface area contributed by atoms with Crippen LogP contribution in [0, 0.1) is 5.82 Å². The lowest BCUT2D eigenvalue weighted by atomic mass is 9.80. The Kier molecular flexibility index (Phi) is 9.91. The van der Waals surface area contributed by atoms with Gasteiger partial charge in [-0.3, -0.25) is 4.57 Å². The molecule has 336 valence electrons. The van der Waals surface area contributed by atoms with Crippen molar-refractivity contribution in [3.63, 3.8) is 0 Å². The van der Waals surface area contributed by atoms with Crippen LogP contribution in [0.4, 0.5) is 4.39 Å². The molecule has 0 radical (unpaired) electrons. The van der Waals surface area contributed by atoms with Gasteiger partial charge in [0.15, 0.2) is 34.7 Å². The Bertz CT molecular complexity index is 3960. The van der Waals surface area contributed by atoms with Gasteiger partial charge in [0, 0.05) is 38.9 Å². The molecule has 0 saturated heterocycles. The van der Waals surface area contributed by atoms with Gasteiger partial charge in [0.1, 0.15) is 17.9 Å². The number of ether oxygens (including phenoxy) is 1. The van der Waals surface area contributed by atoms with Gasteiger partial charge in [0.25, 0.3) is 0 Å². The van der Waals surface area contributed by atoms with E-state index in [9.17, 15) is 4.39 Å². The second kappa shape index (κ2) is 16.9. The third-order valence-corrected chi connectivity index (χ3v) is 13.2. The van der Waals surface area contributed by atoms with Crippen LogP contribution >= 0.6 is 0 Å². The molecular formula is C61H39FN8O. The Labute approximate surface area is 407 Å². The number of para-hydroxylation sites is 2. The number of nitrogens with zero attached hydrogens (tertiary/aromatic N) is 8. The van der Waals surface area contributed by atoms with E-state index in [4.69, 9.17) is 34.6 Å². The molecule has 0 bridgehead atoms. The second-order valence-electron chi connectivity index (χ2n) is 17.6. The van der Waals surface area contributed by atoms with Crippen molar-refractivity contribution in [2.24, 2.45) is 0 Å². The van der Waals surface area contributed by atoms with Crippen molar-refractivity contribution in [1.29, 1.82) is 0 Å². The molecule has 12 aromatic rings. The van der Waals surface area contributed by atoms with Crippen LogP contribution in [0.3, 0.4) is 0 Å². The van der Waals surface area contributed by atoms with Gasteiger partial charge in [-0.15, -0.1) is 0 Å². The van der Waals surface area contributed by atoms with E-state index in [2.05, 4.69) is 72.6 Å². The summed E-state index contributed by atoms with van der Waals surface area (Å²) < 4.78 is 23.4. The van der Waals surface area contributed by atoms with Crippen molar-refractivity contribution in [3.8, 4) is 90.9 Å². The summed E-state index contributed by atoms with van der Waals surface area (Å²) in [6.45, 7) is 2.14. The summed E-state index contributed by atoms with van der Waals surface area (Å²) in [6, 6.07) is 69.6. The van der Waals surface area contributed by atoms with Crippen LogP contribution in [0.2, 0.25) is 0 Å². The summed E-state index contributed by atoms with van der Waals surface area (Å²) >= 11 is 0. The number of fused-ring (bicyclic) bond motifs is 5. The van der Waals surface area contributed by atoms with Gasteiger partial charge in [0.2, 0.25) is 5.95 Å². The fraction of sp³-hybridized carbons (Fsp3) is 0.0328. The smallest absolute Gasteiger partial charge is 0.239 e. The highest BCUT2D eigenvalue weighted by Gasteiger charge is 2.38. The highest BCUT2D eigenvalue weighted by Crippen LogP contribution is 2.50. The number of hydrogen-bond donors (Lipinski definition) is 0. The van der Waals surface area contributed by atoms with Crippen LogP contribution in [0.15, 0.2) is 219 Å². The van der Waals surface area contributed by atoms with Gasteiger partial charge in [-0.25, -0.2) is 29.3 Å². The van der Waals surface area contributed by atoms with Crippen molar-refractivity contribution in [2.45, 2.75) is 12.5 Å². The molecule has 0 amide bonds. The van der Waals surface area contributed by atoms with Crippen molar-refractivity contribution < 1.29 is 9.13 Å². The Morgan fingerprint density at radius 3 is 1.73 bits per heavy atom. The van der Waals surface area contributed by atoms with Crippen LogP contribution < -0.4 is 4.74 Å². The predicted octanol–water partition coefficient (Wildman–Crippen LogP) is 14.0. The van der Waals surface area contributed by atoms with E-state index in [1.807, 2.05) is 138 Å². The van der Waals surface area contributed by atoms with Gasteiger partial charge in [0.05, 0.1) is 11.0 Å². The van der Waals surface area contributed by atoms with Crippen LogP contribution in [0.1, 0.15) is 18.1 Å². The zero-order valence-electron chi connectivity index (χ0n) is 38.1. The van der Waals surface area contributed by atoms with Gasteiger partial charge >= 0.3 is 0 Å². The lowest BCUT2D eigenvalue weighted by Gasteiger charge is -2.38. The molecule has 0 spiro atoms. The highest BCUT2D eigenvalue weighted by molar-refractivity contribution is 5.90. The van der Waals surface area contributed by atoms with Crippen LogP contribution in [0.5, 0.6) is 5.75 Å². The SMILES string of the molecule is CC1(c2ccccc2)Oc2cc(-c3cc(-c4nc(-c5ccc6cc(F)ccc6c5)nc(-n5cnc6ccccc65)n4)ccc3-c3nc(-c4ccccc4)nc(-c4ccccc4)n3)ccc2-c2ccccc21. The van der Waals surface area contributed by atoms with Crippen LogP contribution in [-0.2, 0) is 5.60 Å². The Balaban J connectivity index is 1.04. The summed E-state index contributed by atoms with van der Waals surface area (Å²) in [4.78, 5) is 35.5. The fourth-order valence-electron chi connectivity index (χ4n) is 9.63. The first-order chi connectivity index (χ1) is 34.9. The van der Waals surface area contributed by atoms with E-state index in [-0.39, 0.29) is 5.82 Å². The largest absolute Gasteiger partial charge is 0.477 e. The standard InChI is InChI=1S/C61H39FN8O/c1-61(45-19-9-4-10-20-45)51-22-12-11-21-47(51)48-31-28-42(36-54(48)71-61)50-35-44(29-32-49(50)59-66-55(38-15-5-2-6-16-38)64-56(67-59)39-17-7-3-8-18-39)58-65-57(43-26-25-41-34-46(62)30-27-40(41)33-43)68-60(69-58)70-37-63-52-23-13-14-24-53(52)70/h2-37H,1H3. The Morgan fingerprint density at radius 2 is 0.986 bits per heavy atom. The van der Waals surface area contributed by atoms with E-state index >= 15 is 0 Å². The van der Waals surface area contributed by atoms with E-state index in [1.165, 1.54) is 12.1 Å². The van der Waals surface area contributed by atoms with Crippen LogP contribution in [-0.4, -0.2) is 39.5 Å². The molecule has 1 aliphatic heterocycles. The third-order valence-electron chi connectivity index (χ3n) is 13.2. The van der Waals surface area contributed by atoms with Gasteiger partial charge in [-0.1, -0.05) is 164 Å². The molecule has 4 heterocycles. The quantitative estimate of drug-likeness (QED) is 0.148. The zero-order chi connectivity index (χ0) is 47.5. The minimum atomic E-state index is -0.774. The summed E-state index contributed by atoms with van der Waals surface area (Å²) in [5.74, 6) is 3.29. The second-order valence-corrected chi connectivity index (χ2v) is 17.6. The minimum absolute atomic E-state index is 0.300. The molecule has 9 nitrogen and oxygen atoms in total. The average molecular weight is 919 g/mol. The first-order valence-electron chi connectivity index (χ1n) is 23.3.